The van der Waals surface area contributed by atoms with Crippen molar-refractivity contribution in [1.29, 1.82) is 0 Å². The molecule has 0 radical (unpaired) electrons. The molecule has 1 aliphatic heterocycles. The number of benzene rings is 2. The van der Waals surface area contributed by atoms with E-state index in [9.17, 15) is 14.7 Å². The molecule has 0 saturated carbocycles. The second kappa shape index (κ2) is 8.41. The zero-order chi connectivity index (χ0) is 22.2. The summed E-state index contributed by atoms with van der Waals surface area (Å²) >= 11 is 4.85. The topological polar surface area (TPSA) is 73.4 Å². The second-order valence-electron chi connectivity index (χ2n) is 7.62. The van der Waals surface area contributed by atoms with Crippen molar-refractivity contribution in [3.8, 4) is 0 Å². The Morgan fingerprint density at radius 2 is 1.84 bits per heavy atom. The van der Waals surface area contributed by atoms with Gasteiger partial charge >= 0.3 is 0 Å². The highest BCUT2D eigenvalue weighted by molar-refractivity contribution is 9.10. The van der Waals surface area contributed by atoms with Gasteiger partial charge in [0.1, 0.15) is 5.76 Å². The van der Waals surface area contributed by atoms with Crippen LogP contribution in [-0.4, -0.2) is 33.2 Å². The summed E-state index contributed by atoms with van der Waals surface area (Å²) < 4.78 is 0.864. The lowest BCUT2D eigenvalue weighted by atomic mass is 10.00. The van der Waals surface area contributed by atoms with Crippen LogP contribution in [-0.2, 0) is 16.0 Å². The van der Waals surface area contributed by atoms with Crippen LogP contribution in [0.4, 0.5) is 0 Å². The van der Waals surface area contributed by atoms with E-state index in [1.165, 1.54) is 11.3 Å². The first-order valence-corrected chi connectivity index (χ1v) is 11.8. The van der Waals surface area contributed by atoms with E-state index in [1.54, 1.807) is 29.2 Å². The van der Waals surface area contributed by atoms with Crippen LogP contribution in [0.2, 0.25) is 0 Å². The Labute approximate surface area is 197 Å². The van der Waals surface area contributed by atoms with Gasteiger partial charge in [-0.2, -0.15) is 0 Å². The van der Waals surface area contributed by atoms with E-state index in [1.807, 2.05) is 48.0 Å². The molecule has 7 heteroatoms. The van der Waals surface area contributed by atoms with Gasteiger partial charge in [-0.1, -0.05) is 52.3 Å². The smallest absolute Gasteiger partial charge is 0.295 e. The number of H-pyrrole nitrogens is 1. The minimum Gasteiger partial charge on any atom is -0.507 e. The molecule has 4 aromatic rings. The molecule has 1 unspecified atom stereocenters. The van der Waals surface area contributed by atoms with Crippen molar-refractivity contribution in [1.82, 2.24) is 9.88 Å². The van der Waals surface area contributed by atoms with Crippen molar-refractivity contribution >= 4 is 55.6 Å². The molecule has 2 N–H and O–H groups in total. The Hall–Kier alpha value is -3.16. The summed E-state index contributed by atoms with van der Waals surface area (Å²) in [5.41, 5.74) is 2.76. The fourth-order valence-electron chi connectivity index (χ4n) is 4.20. The number of nitrogens with one attached hydrogen (secondary N) is 1. The maximum Gasteiger partial charge on any atom is 0.295 e. The lowest BCUT2D eigenvalue weighted by Gasteiger charge is -2.24. The number of carbonyl (C=O) groups excluding carboxylic acids is 2. The van der Waals surface area contributed by atoms with E-state index in [4.69, 9.17) is 0 Å². The van der Waals surface area contributed by atoms with Crippen molar-refractivity contribution in [2.75, 3.05) is 6.54 Å². The number of amides is 1. The van der Waals surface area contributed by atoms with Gasteiger partial charge < -0.3 is 15.0 Å². The molecule has 0 aliphatic carbocycles. The Morgan fingerprint density at radius 3 is 2.59 bits per heavy atom. The summed E-state index contributed by atoms with van der Waals surface area (Å²) in [7, 11) is 0. The van der Waals surface area contributed by atoms with Gasteiger partial charge in [0.2, 0.25) is 0 Å². The number of Topliss-reactive ketones (excluding diaryl/α,β-unsaturated/α-hetero) is 1. The van der Waals surface area contributed by atoms with Crippen molar-refractivity contribution in [2.24, 2.45) is 0 Å². The van der Waals surface area contributed by atoms with Crippen LogP contribution < -0.4 is 0 Å². The molecular weight excluding hydrogens is 488 g/mol. The third kappa shape index (κ3) is 3.57. The number of para-hydroxylation sites is 1. The van der Waals surface area contributed by atoms with Gasteiger partial charge in [0.15, 0.2) is 0 Å². The van der Waals surface area contributed by atoms with Crippen LogP contribution in [0.5, 0.6) is 0 Å². The highest BCUT2D eigenvalue weighted by Crippen LogP contribution is 2.41. The van der Waals surface area contributed by atoms with Gasteiger partial charge in [-0.05, 0) is 41.6 Å². The number of rotatable bonds is 5. The molecule has 5 rings (SSSR count). The number of aliphatic hydroxyl groups is 1. The highest BCUT2D eigenvalue weighted by atomic mass is 79.9. The van der Waals surface area contributed by atoms with E-state index < -0.39 is 17.7 Å². The minimum atomic E-state index is -0.650. The molecule has 2 aromatic carbocycles. The summed E-state index contributed by atoms with van der Waals surface area (Å²) in [5.74, 6) is -1.38. The maximum absolute atomic E-state index is 13.1. The van der Waals surface area contributed by atoms with E-state index in [2.05, 4.69) is 20.9 Å². The Balaban J connectivity index is 1.53. The average Bonchev–Trinajstić information content (AvgIpc) is 3.52. The summed E-state index contributed by atoms with van der Waals surface area (Å²) in [4.78, 5) is 31.8. The van der Waals surface area contributed by atoms with E-state index >= 15 is 0 Å². The average molecular weight is 507 g/mol. The third-order valence-corrected chi connectivity index (χ3v) is 7.22. The van der Waals surface area contributed by atoms with Crippen LogP contribution in [0.25, 0.3) is 16.7 Å². The number of likely N-dealkylation sites (tertiary alicyclic amines) is 1. The molecule has 0 bridgehead atoms. The predicted molar refractivity (Wildman–Crippen MR) is 129 cm³/mol. The molecule has 1 aliphatic rings. The van der Waals surface area contributed by atoms with Gasteiger partial charge in [-0.3, -0.25) is 9.59 Å². The molecule has 2 aromatic heterocycles. The number of halogens is 1. The largest absolute Gasteiger partial charge is 0.507 e. The van der Waals surface area contributed by atoms with Crippen molar-refractivity contribution in [2.45, 2.75) is 12.5 Å². The fraction of sp³-hybridized carbons (Fsp3) is 0.120. The second-order valence-corrected chi connectivity index (χ2v) is 9.52. The summed E-state index contributed by atoms with van der Waals surface area (Å²) in [5, 5.41) is 14.1. The van der Waals surface area contributed by atoms with E-state index in [0.717, 1.165) is 25.8 Å². The molecule has 1 fully saturated rings. The summed E-state index contributed by atoms with van der Waals surface area (Å²) in [6.45, 7) is 0.367. The van der Waals surface area contributed by atoms with E-state index in [0.29, 0.717) is 18.5 Å². The van der Waals surface area contributed by atoms with Crippen LogP contribution in [0, 0.1) is 0 Å². The van der Waals surface area contributed by atoms with Crippen molar-refractivity contribution < 1.29 is 14.7 Å². The number of thiophene rings is 1. The summed E-state index contributed by atoms with van der Waals surface area (Å²) in [6, 6.07) is 18.2. The zero-order valence-corrected chi connectivity index (χ0v) is 19.3. The van der Waals surface area contributed by atoms with Gasteiger partial charge in [0.05, 0.1) is 11.6 Å². The molecule has 1 amide bonds. The van der Waals surface area contributed by atoms with Gasteiger partial charge in [0.25, 0.3) is 11.7 Å². The van der Waals surface area contributed by atoms with Crippen LogP contribution in [0.3, 0.4) is 0 Å². The molecule has 3 heterocycles. The Bertz CT molecular complexity index is 1340. The van der Waals surface area contributed by atoms with Gasteiger partial charge in [-0.25, -0.2) is 0 Å². The number of ketones is 1. The molecule has 0 spiro atoms. The lowest BCUT2D eigenvalue weighted by Crippen LogP contribution is -2.31. The van der Waals surface area contributed by atoms with Gasteiger partial charge in [-0.15, -0.1) is 11.3 Å². The predicted octanol–water partition coefficient (Wildman–Crippen LogP) is 5.66. The number of nitrogens with zero attached hydrogens (tertiary/aromatic N) is 1. The highest BCUT2D eigenvalue weighted by Gasteiger charge is 2.46. The van der Waals surface area contributed by atoms with Crippen LogP contribution >= 0.6 is 27.3 Å². The third-order valence-electron chi connectivity index (χ3n) is 5.77. The van der Waals surface area contributed by atoms with Crippen molar-refractivity contribution in [3.05, 3.63) is 98.3 Å². The van der Waals surface area contributed by atoms with Crippen LogP contribution in [0.15, 0.2) is 82.3 Å². The Kier molecular flexibility index (Phi) is 5.45. The first kappa shape index (κ1) is 20.7. The van der Waals surface area contributed by atoms with Crippen molar-refractivity contribution in [3.63, 3.8) is 0 Å². The quantitative estimate of drug-likeness (QED) is 0.208. The SMILES string of the molecule is O=C1C(=O)N(CCc2c[nH]c3ccccc23)C(c2cccs2)/C1=C(/O)c1ccc(Br)cc1. The number of hydrogen-bond donors (Lipinski definition) is 2. The number of fused-ring (bicyclic) bond motifs is 1. The molecule has 1 saturated heterocycles. The molecule has 160 valence electrons. The zero-order valence-electron chi connectivity index (χ0n) is 16.9. The number of carbonyl (C=O) groups is 2. The number of aromatic amines is 1. The standard InChI is InChI=1S/C25H19BrN2O3S/c26-17-9-7-15(8-10-17)23(29)21-22(20-6-3-13-32-20)28(25(31)24(21)30)12-11-16-14-27-19-5-2-1-4-18(16)19/h1-10,13-14,22,27,29H,11-12H2/b23-21-. The monoisotopic (exact) mass is 506 g/mol. The van der Waals surface area contributed by atoms with Crippen LogP contribution in [0.1, 0.15) is 22.0 Å². The number of aliphatic hydroxyl groups excluding tert-OH is 1. The first-order valence-electron chi connectivity index (χ1n) is 10.2. The lowest BCUT2D eigenvalue weighted by molar-refractivity contribution is -0.139. The number of hydrogen-bond acceptors (Lipinski definition) is 4. The molecule has 1 atom stereocenters. The molecule has 5 nitrogen and oxygen atoms in total. The molecule has 32 heavy (non-hydrogen) atoms. The minimum absolute atomic E-state index is 0.138. The molecular formula is C25H19BrN2O3S. The fourth-order valence-corrected chi connectivity index (χ4v) is 5.31. The van der Waals surface area contributed by atoms with E-state index in [-0.39, 0.29) is 11.3 Å². The maximum atomic E-state index is 13.1. The number of aromatic nitrogens is 1. The first-order chi connectivity index (χ1) is 15.5. The normalized spacial score (nSPS) is 18.0. The summed E-state index contributed by atoms with van der Waals surface area (Å²) in [6.07, 6.45) is 2.54. The van der Waals surface area contributed by atoms with Gasteiger partial charge in [0, 0.05) is 38.6 Å². The Morgan fingerprint density at radius 1 is 1.06 bits per heavy atom.